The molecule has 0 heterocycles. The number of nitrogens with two attached hydrogens (primary N) is 1. The normalized spacial score (nSPS) is 13.0. The molecule has 0 aliphatic carbocycles. The topological polar surface area (TPSA) is 46.2 Å². The maximum atomic E-state index is 9.02. The van der Waals surface area contributed by atoms with Gasteiger partial charge in [0.2, 0.25) is 0 Å². The van der Waals surface area contributed by atoms with Crippen molar-refractivity contribution in [2.45, 2.75) is 6.04 Å². The Morgan fingerprint density at radius 3 is 2.57 bits per heavy atom. The third kappa shape index (κ3) is 1.50. The quantitative estimate of drug-likeness (QED) is 0.753. The van der Waals surface area contributed by atoms with Gasteiger partial charge >= 0.3 is 0 Å². The molecule has 0 unspecified atom stereocenters. The first kappa shape index (κ1) is 9.19. The predicted molar refractivity (Wildman–Crippen MR) is 58.0 cm³/mol. The molecule has 3 N–H and O–H groups in total. The molecular formula is C12H13NO. The molecule has 2 aromatic rings. The molecule has 0 aromatic heterocycles. The van der Waals surface area contributed by atoms with Crippen LogP contribution in [0.5, 0.6) is 0 Å². The lowest BCUT2D eigenvalue weighted by Gasteiger charge is -2.11. The summed E-state index contributed by atoms with van der Waals surface area (Å²) < 4.78 is 0. The van der Waals surface area contributed by atoms with Crippen LogP contribution in [0.15, 0.2) is 42.5 Å². The summed E-state index contributed by atoms with van der Waals surface area (Å²) in [5, 5.41) is 11.3. The standard InChI is InChI=1S/C12H13NO/c13-12(8-14)11-7-3-5-9-4-1-2-6-10(9)11/h1-7,12,14H,8,13H2/t12-/m1/s1. The van der Waals surface area contributed by atoms with Gasteiger partial charge in [-0.3, -0.25) is 0 Å². The van der Waals surface area contributed by atoms with Crippen molar-refractivity contribution < 1.29 is 5.11 Å². The zero-order valence-electron chi connectivity index (χ0n) is 7.85. The molecular weight excluding hydrogens is 174 g/mol. The van der Waals surface area contributed by atoms with E-state index in [1.807, 2.05) is 42.5 Å². The van der Waals surface area contributed by atoms with Gasteiger partial charge in [0.05, 0.1) is 12.6 Å². The Hall–Kier alpha value is -1.38. The molecule has 0 aliphatic rings. The summed E-state index contributed by atoms with van der Waals surface area (Å²) in [5.74, 6) is 0. The van der Waals surface area contributed by atoms with E-state index in [4.69, 9.17) is 10.8 Å². The number of aliphatic hydroxyl groups excluding tert-OH is 1. The van der Waals surface area contributed by atoms with Crippen LogP contribution >= 0.6 is 0 Å². The van der Waals surface area contributed by atoms with E-state index >= 15 is 0 Å². The van der Waals surface area contributed by atoms with Gasteiger partial charge in [-0.15, -0.1) is 0 Å². The first-order chi connectivity index (χ1) is 6.83. The molecule has 0 saturated carbocycles. The summed E-state index contributed by atoms with van der Waals surface area (Å²) in [5.41, 5.74) is 6.82. The lowest BCUT2D eigenvalue weighted by atomic mass is 10.00. The Balaban J connectivity index is 2.65. The van der Waals surface area contributed by atoms with Crippen LogP contribution in [0.4, 0.5) is 0 Å². The Morgan fingerprint density at radius 1 is 1.07 bits per heavy atom. The van der Waals surface area contributed by atoms with Gasteiger partial charge in [-0.2, -0.15) is 0 Å². The van der Waals surface area contributed by atoms with E-state index in [0.717, 1.165) is 16.3 Å². The molecule has 2 rings (SSSR count). The number of hydrogen-bond acceptors (Lipinski definition) is 2. The van der Waals surface area contributed by atoms with Crippen LogP contribution in [-0.2, 0) is 0 Å². The molecule has 2 nitrogen and oxygen atoms in total. The summed E-state index contributed by atoms with van der Waals surface area (Å²) in [6.45, 7) is -0.0198. The molecule has 0 fully saturated rings. The Bertz CT molecular complexity index is 434. The fourth-order valence-electron chi connectivity index (χ4n) is 1.67. The highest BCUT2D eigenvalue weighted by molar-refractivity contribution is 5.86. The Labute approximate surface area is 83.0 Å². The monoisotopic (exact) mass is 187 g/mol. The second kappa shape index (κ2) is 3.78. The van der Waals surface area contributed by atoms with Crippen molar-refractivity contribution in [2.24, 2.45) is 5.73 Å². The predicted octanol–water partition coefficient (Wildman–Crippen LogP) is 1.83. The Morgan fingerprint density at radius 2 is 1.79 bits per heavy atom. The van der Waals surface area contributed by atoms with Crippen LogP contribution in [0.1, 0.15) is 11.6 Å². The van der Waals surface area contributed by atoms with Crippen molar-refractivity contribution in [3.63, 3.8) is 0 Å². The average Bonchev–Trinajstić information content (AvgIpc) is 2.27. The van der Waals surface area contributed by atoms with Crippen molar-refractivity contribution in [1.29, 1.82) is 0 Å². The van der Waals surface area contributed by atoms with Crippen molar-refractivity contribution in [3.8, 4) is 0 Å². The zero-order valence-corrected chi connectivity index (χ0v) is 7.85. The van der Waals surface area contributed by atoms with Gasteiger partial charge in [0.25, 0.3) is 0 Å². The molecule has 2 aromatic carbocycles. The van der Waals surface area contributed by atoms with E-state index in [1.165, 1.54) is 0 Å². The van der Waals surface area contributed by atoms with Crippen molar-refractivity contribution in [2.75, 3.05) is 6.61 Å². The van der Waals surface area contributed by atoms with E-state index in [9.17, 15) is 0 Å². The van der Waals surface area contributed by atoms with E-state index in [1.54, 1.807) is 0 Å². The molecule has 0 bridgehead atoms. The zero-order chi connectivity index (χ0) is 9.97. The summed E-state index contributed by atoms with van der Waals surface area (Å²) >= 11 is 0. The van der Waals surface area contributed by atoms with Crippen LogP contribution in [0.25, 0.3) is 10.8 Å². The van der Waals surface area contributed by atoms with Crippen LogP contribution in [0.3, 0.4) is 0 Å². The molecule has 0 amide bonds. The van der Waals surface area contributed by atoms with Gasteiger partial charge in [0.1, 0.15) is 0 Å². The SMILES string of the molecule is N[C@H](CO)c1cccc2ccccc12. The Kier molecular flexibility index (Phi) is 2.48. The largest absolute Gasteiger partial charge is 0.394 e. The fourth-order valence-corrected chi connectivity index (χ4v) is 1.67. The van der Waals surface area contributed by atoms with Crippen molar-refractivity contribution in [3.05, 3.63) is 48.0 Å². The maximum Gasteiger partial charge on any atom is 0.0624 e. The number of rotatable bonds is 2. The molecule has 0 saturated heterocycles. The highest BCUT2D eigenvalue weighted by Gasteiger charge is 2.07. The second-order valence-electron chi connectivity index (χ2n) is 3.36. The van der Waals surface area contributed by atoms with Gasteiger partial charge in [0, 0.05) is 0 Å². The number of fused-ring (bicyclic) bond motifs is 1. The first-order valence-corrected chi connectivity index (χ1v) is 4.67. The van der Waals surface area contributed by atoms with E-state index in [-0.39, 0.29) is 12.6 Å². The van der Waals surface area contributed by atoms with Gasteiger partial charge in [-0.1, -0.05) is 42.5 Å². The lowest BCUT2D eigenvalue weighted by molar-refractivity contribution is 0.268. The molecule has 2 heteroatoms. The third-order valence-electron chi connectivity index (χ3n) is 2.42. The van der Waals surface area contributed by atoms with Crippen molar-refractivity contribution in [1.82, 2.24) is 0 Å². The number of benzene rings is 2. The van der Waals surface area contributed by atoms with Crippen LogP contribution in [0.2, 0.25) is 0 Å². The molecule has 0 spiro atoms. The minimum Gasteiger partial charge on any atom is -0.394 e. The fraction of sp³-hybridized carbons (Fsp3) is 0.167. The summed E-state index contributed by atoms with van der Waals surface area (Å²) in [4.78, 5) is 0. The van der Waals surface area contributed by atoms with Crippen LogP contribution < -0.4 is 5.73 Å². The molecule has 14 heavy (non-hydrogen) atoms. The van der Waals surface area contributed by atoms with E-state index < -0.39 is 0 Å². The number of hydrogen-bond donors (Lipinski definition) is 2. The second-order valence-corrected chi connectivity index (χ2v) is 3.36. The average molecular weight is 187 g/mol. The smallest absolute Gasteiger partial charge is 0.0624 e. The highest BCUT2D eigenvalue weighted by Crippen LogP contribution is 2.22. The summed E-state index contributed by atoms with van der Waals surface area (Å²) in [6.07, 6.45) is 0. The number of aliphatic hydroxyl groups is 1. The van der Waals surface area contributed by atoms with Gasteiger partial charge < -0.3 is 10.8 Å². The van der Waals surface area contributed by atoms with E-state index in [2.05, 4.69) is 0 Å². The minimum atomic E-state index is -0.291. The van der Waals surface area contributed by atoms with Crippen molar-refractivity contribution >= 4 is 10.8 Å². The maximum absolute atomic E-state index is 9.02. The van der Waals surface area contributed by atoms with Gasteiger partial charge in [0.15, 0.2) is 0 Å². The molecule has 1 atom stereocenters. The highest BCUT2D eigenvalue weighted by atomic mass is 16.3. The third-order valence-corrected chi connectivity index (χ3v) is 2.42. The van der Waals surface area contributed by atoms with Crippen LogP contribution in [0, 0.1) is 0 Å². The lowest BCUT2D eigenvalue weighted by Crippen LogP contribution is -2.14. The molecule has 0 aliphatic heterocycles. The van der Waals surface area contributed by atoms with E-state index in [0.29, 0.717) is 0 Å². The molecule has 72 valence electrons. The van der Waals surface area contributed by atoms with Gasteiger partial charge in [-0.25, -0.2) is 0 Å². The van der Waals surface area contributed by atoms with Crippen LogP contribution in [-0.4, -0.2) is 11.7 Å². The first-order valence-electron chi connectivity index (χ1n) is 4.67. The summed E-state index contributed by atoms with van der Waals surface area (Å²) in [7, 11) is 0. The van der Waals surface area contributed by atoms with Gasteiger partial charge in [-0.05, 0) is 16.3 Å². The summed E-state index contributed by atoms with van der Waals surface area (Å²) in [6, 6.07) is 13.7. The molecule has 0 radical (unpaired) electrons. The minimum absolute atomic E-state index is 0.0198.